The largest absolute Gasteiger partial charge is 0.416 e. The highest BCUT2D eigenvalue weighted by Gasteiger charge is 2.50. The first-order valence-corrected chi connectivity index (χ1v) is 5.96. The molecule has 6 heteroatoms. The van der Waals surface area contributed by atoms with Crippen molar-refractivity contribution in [3.63, 3.8) is 0 Å². The van der Waals surface area contributed by atoms with E-state index < -0.39 is 11.7 Å². The first-order chi connectivity index (χ1) is 8.38. The number of anilines is 1. The van der Waals surface area contributed by atoms with Crippen LogP contribution in [0.1, 0.15) is 18.4 Å². The van der Waals surface area contributed by atoms with Crippen molar-refractivity contribution in [1.82, 2.24) is 4.98 Å². The highest BCUT2D eigenvalue weighted by Crippen LogP contribution is 2.44. The minimum Gasteiger partial charge on any atom is -0.353 e. The minimum absolute atomic E-state index is 0.212. The Balaban J connectivity index is 1.74. The molecular weight excluding hydrogens is 243 g/mol. The SMILES string of the molecule is NC1(C2CC2)CN(c2cc(C(F)(F)F)ccn2)C1. The Morgan fingerprint density at radius 1 is 1.33 bits per heavy atom. The van der Waals surface area contributed by atoms with Crippen LogP contribution in [-0.4, -0.2) is 23.6 Å². The van der Waals surface area contributed by atoms with Crippen molar-refractivity contribution in [3.05, 3.63) is 23.9 Å². The fourth-order valence-corrected chi connectivity index (χ4v) is 2.51. The standard InChI is InChI=1S/C12H14F3N3/c13-12(14,15)9-3-4-17-10(5-9)18-6-11(16,7-18)8-1-2-8/h3-5,8H,1-2,6-7,16H2. The first kappa shape index (κ1) is 11.8. The van der Waals surface area contributed by atoms with Gasteiger partial charge in [-0.2, -0.15) is 13.2 Å². The van der Waals surface area contributed by atoms with Crippen molar-refractivity contribution in [1.29, 1.82) is 0 Å². The normalized spacial score (nSPS) is 22.8. The van der Waals surface area contributed by atoms with E-state index in [1.807, 2.05) is 4.90 Å². The van der Waals surface area contributed by atoms with Gasteiger partial charge in [0.05, 0.1) is 11.1 Å². The van der Waals surface area contributed by atoms with Crippen LogP contribution in [0.25, 0.3) is 0 Å². The van der Waals surface area contributed by atoms with E-state index in [-0.39, 0.29) is 5.54 Å². The Morgan fingerprint density at radius 2 is 2.00 bits per heavy atom. The van der Waals surface area contributed by atoms with Crippen molar-refractivity contribution in [2.24, 2.45) is 11.7 Å². The molecule has 0 atom stereocenters. The summed E-state index contributed by atoms with van der Waals surface area (Å²) in [4.78, 5) is 5.80. The number of nitrogens with zero attached hydrogens (tertiary/aromatic N) is 2. The minimum atomic E-state index is -4.32. The van der Waals surface area contributed by atoms with Crippen LogP contribution in [0.4, 0.5) is 19.0 Å². The summed E-state index contributed by atoms with van der Waals surface area (Å²) in [5, 5.41) is 0. The molecule has 1 saturated heterocycles. The van der Waals surface area contributed by atoms with Crippen molar-refractivity contribution in [2.45, 2.75) is 24.6 Å². The third-order valence-electron chi connectivity index (χ3n) is 3.76. The lowest BCUT2D eigenvalue weighted by molar-refractivity contribution is -0.137. The van der Waals surface area contributed by atoms with Gasteiger partial charge in [0.15, 0.2) is 0 Å². The predicted molar refractivity (Wildman–Crippen MR) is 61.1 cm³/mol. The molecular formula is C12H14F3N3. The number of hydrogen-bond acceptors (Lipinski definition) is 3. The fraction of sp³-hybridized carbons (Fsp3) is 0.583. The maximum atomic E-state index is 12.6. The molecule has 1 saturated carbocycles. The zero-order valence-electron chi connectivity index (χ0n) is 9.74. The van der Waals surface area contributed by atoms with E-state index in [9.17, 15) is 13.2 Å². The van der Waals surface area contributed by atoms with Gasteiger partial charge in [0.25, 0.3) is 0 Å². The zero-order chi connectivity index (χ0) is 13.0. The Morgan fingerprint density at radius 3 is 2.56 bits per heavy atom. The molecule has 0 radical (unpaired) electrons. The van der Waals surface area contributed by atoms with Crippen LogP contribution < -0.4 is 10.6 Å². The third kappa shape index (κ3) is 1.94. The average molecular weight is 257 g/mol. The number of pyridine rings is 1. The monoisotopic (exact) mass is 257 g/mol. The molecule has 2 heterocycles. The Kier molecular flexibility index (Phi) is 2.35. The van der Waals surface area contributed by atoms with E-state index in [1.54, 1.807) is 0 Å². The first-order valence-electron chi connectivity index (χ1n) is 5.96. The average Bonchev–Trinajstić information content (AvgIpc) is 3.08. The molecule has 2 fully saturated rings. The van der Waals surface area contributed by atoms with Crippen LogP contribution in [0.2, 0.25) is 0 Å². The van der Waals surface area contributed by atoms with Crippen molar-refractivity contribution in [2.75, 3.05) is 18.0 Å². The molecule has 0 aromatic carbocycles. The molecule has 3 rings (SSSR count). The predicted octanol–water partition coefficient (Wildman–Crippen LogP) is 2.03. The van der Waals surface area contributed by atoms with Gasteiger partial charge in [-0.1, -0.05) is 0 Å². The molecule has 0 bridgehead atoms. The van der Waals surface area contributed by atoms with Gasteiger partial charge in [-0.05, 0) is 30.9 Å². The number of rotatable bonds is 2. The Hall–Kier alpha value is -1.30. The molecule has 2 aliphatic rings. The summed E-state index contributed by atoms with van der Waals surface area (Å²) in [7, 11) is 0. The molecule has 1 aromatic rings. The summed E-state index contributed by atoms with van der Waals surface area (Å²) < 4.78 is 37.7. The van der Waals surface area contributed by atoms with Crippen LogP contribution in [0.5, 0.6) is 0 Å². The molecule has 1 aliphatic heterocycles. The number of alkyl halides is 3. The lowest BCUT2D eigenvalue weighted by Gasteiger charge is -2.49. The summed E-state index contributed by atoms with van der Waals surface area (Å²) in [6.07, 6.45) is -0.842. The quantitative estimate of drug-likeness (QED) is 0.881. The second kappa shape index (κ2) is 3.60. The van der Waals surface area contributed by atoms with E-state index in [4.69, 9.17) is 5.73 Å². The van der Waals surface area contributed by atoms with E-state index in [0.717, 1.165) is 25.0 Å². The van der Waals surface area contributed by atoms with Gasteiger partial charge in [0.2, 0.25) is 0 Å². The van der Waals surface area contributed by atoms with Gasteiger partial charge in [-0.15, -0.1) is 0 Å². The van der Waals surface area contributed by atoms with Gasteiger partial charge in [0.1, 0.15) is 5.82 Å². The van der Waals surface area contributed by atoms with E-state index in [1.165, 1.54) is 6.20 Å². The smallest absolute Gasteiger partial charge is 0.353 e. The molecule has 0 spiro atoms. The maximum absolute atomic E-state index is 12.6. The summed E-state index contributed by atoms with van der Waals surface area (Å²) in [6, 6.07) is 2.08. The maximum Gasteiger partial charge on any atom is 0.416 e. The van der Waals surface area contributed by atoms with Crippen molar-refractivity contribution >= 4 is 5.82 Å². The highest BCUT2D eigenvalue weighted by molar-refractivity contribution is 5.47. The second-order valence-corrected chi connectivity index (χ2v) is 5.26. The van der Waals surface area contributed by atoms with Crippen molar-refractivity contribution < 1.29 is 13.2 Å². The van der Waals surface area contributed by atoms with Gasteiger partial charge < -0.3 is 10.6 Å². The summed E-state index contributed by atoms with van der Waals surface area (Å²) in [5.74, 6) is 0.908. The van der Waals surface area contributed by atoms with Gasteiger partial charge >= 0.3 is 6.18 Å². The lowest BCUT2D eigenvalue weighted by atomic mass is 9.86. The van der Waals surface area contributed by atoms with Crippen molar-refractivity contribution in [3.8, 4) is 0 Å². The van der Waals surface area contributed by atoms with Crippen LogP contribution in [0.3, 0.4) is 0 Å². The van der Waals surface area contributed by atoms with Gasteiger partial charge in [0, 0.05) is 19.3 Å². The number of nitrogens with two attached hydrogens (primary N) is 1. The second-order valence-electron chi connectivity index (χ2n) is 5.26. The highest BCUT2D eigenvalue weighted by atomic mass is 19.4. The molecule has 3 nitrogen and oxygen atoms in total. The molecule has 0 unspecified atom stereocenters. The van der Waals surface area contributed by atoms with E-state index in [0.29, 0.717) is 24.8 Å². The molecule has 1 aliphatic carbocycles. The zero-order valence-corrected chi connectivity index (χ0v) is 9.74. The Bertz CT molecular complexity index is 462. The fourth-order valence-electron chi connectivity index (χ4n) is 2.51. The van der Waals surface area contributed by atoms with Crippen LogP contribution in [0, 0.1) is 5.92 Å². The number of hydrogen-bond donors (Lipinski definition) is 1. The summed E-state index contributed by atoms with van der Waals surface area (Å²) in [6.45, 7) is 1.21. The summed E-state index contributed by atoms with van der Waals surface area (Å²) >= 11 is 0. The number of halogens is 3. The van der Waals surface area contributed by atoms with Crippen LogP contribution in [-0.2, 0) is 6.18 Å². The van der Waals surface area contributed by atoms with Gasteiger partial charge in [-0.25, -0.2) is 4.98 Å². The van der Waals surface area contributed by atoms with E-state index >= 15 is 0 Å². The third-order valence-corrected chi connectivity index (χ3v) is 3.76. The molecule has 2 N–H and O–H groups in total. The molecule has 98 valence electrons. The summed E-state index contributed by atoms with van der Waals surface area (Å²) in [5.41, 5.74) is 5.30. The molecule has 18 heavy (non-hydrogen) atoms. The van der Waals surface area contributed by atoms with Gasteiger partial charge in [-0.3, -0.25) is 0 Å². The van der Waals surface area contributed by atoms with Crippen LogP contribution in [0.15, 0.2) is 18.3 Å². The van der Waals surface area contributed by atoms with E-state index in [2.05, 4.69) is 4.98 Å². The lowest BCUT2D eigenvalue weighted by Crippen LogP contribution is -2.69. The number of aromatic nitrogens is 1. The Labute approximate surface area is 103 Å². The molecule has 1 aromatic heterocycles. The molecule has 0 amide bonds. The topological polar surface area (TPSA) is 42.1 Å². The van der Waals surface area contributed by atoms with Crippen LogP contribution >= 0.6 is 0 Å².